The van der Waals surface area contributed by atoms with Gasteiger partial charge in [-0.25, -0.2) is 0 Å². The number of nitrogens with zero attached hydrogens (tertiary/aromatic N) is 2. The third kappa shape index (κ3) is 1.96. The molecule has 0 aliphatic rings. The second-order valence-electron chi connectivity index (χ2n) is 2.81. The van der Waals surface area contributed by atoms with Crippen molar-refractivity contribution in [3.8, 4) is 0 Å². The fourth-order valence-corrected chi connectivity index (χ4v) is 1.05. The first-order valence-corrected chi connectivity index (χ1v) is 4.31. The maximum Gasteiger partial charge on any atom is 0.285 e. The lowest BCUT2D eigenvalue weighted by atomic mass is 10.5. The number of rotatable bonds is 2. The normalized spacial score (nSPS) is 9.87. The van der Waals surface area contributed by atoms with Crippen molar-refractivity contribution in [1.82, 2.24) is 9.46 Å². The van der Waals surface area contributed by atoms with Gasteiger partial charge >= 0.3 is 0 Å². The zero-order valence-corrected chi connectivity index (χ0v) is 7.74. The van der Waals surface area contributed by atoms with Gasteiger partial charge in [0.25, 0.3) is 11.1 Å². The molecule has 0 N–H and O–H groups in total. The van der Waals surface area contributed by atoms with Gasteiger partial charge < -0.3 is 0 Å². The predicted octanol–water partition coefficient (Wildman–Crippen LogP) is -0.0981. The molecule has 2 rings (SSSR count). The molecule has 0 saturated heterocycles. The molecule has 0 aromatic carbocycles. The second-order valence-corrected chi connectivity index (χ2v) is 2.81. The van der Waals surface area contributed by atoms with Crippen LogP contribution in [0.1, 0.15) is 0 Å². The van der Waals surface area contributed by atoms with Gasteiger partial charge in [-0.3, -0.25) is 14.5 Å². The van der Waals surface area contributed by atoms with Gasteiger partial charge in [0.05, 0.1) is 12.4 Å². The van der Waals surface area contributed by atoms with Crippen LogP contribution in [0.15, 0.2) is 58.4 Å². The summed E-state index contributed by atoms with van der Waals surface area (Å²) in [6.45, 7) is 0. The van der Waals surface area contributed by atoms with Crippen LogP contribution >= 0.6 is 0 Å². The molecular formula is C10H8N2O3. The maximum atomic E-state index is 11.3. The van der Waals surface area contributed by atoms with Crippen molar-refractivity contribution in [2.75, 3.05) is 0 Å². The fraction of sp³-hybridized carbons (Fsp3) is 0. The van der Waals surface area contributed by atoms with Crippen molar-refractivity contribution < 1.29 is 4.94 Å². The molecule has 0 radical (unpaired) electrons. The number of hydrogen-bond donors (Lipinski definition) is 0. The molecule has 0 bridgehead atoms. The average Bonchev–Trinajstić information content (AvgIpc) is 2.24. The first-order valence-electron chi connectivity index (χ1n) is 4.31. The largest absolute Gasteiger partial charge is 0.285 e. The summed E-state index contributed by atoms with van der Waals surface area (Å²) in [5.74, 6) is 0. The fourth-order valence-electron chi connectivity index (χ4n) is 1.05. The molecule has 0 saturated carbocycles. The van der Waals surface area contributed by atoms with Crippen LogP contribution in [0.2, 0.25) is 0 Å². The van der Waals surface area contributed by atoms with Gasteiger partial charge in [-0.05, 0) is 12.1 Å². The zero-order valence-electron chi connectivity index (χ0n) is 7.74. The first-order chi connectivity index (χ1) is 7.27. The molecule has 0 atom stereocenters. The second kappa shape index (κ2) is 3.83. The topological polar surface area (TPSA) is 53.2 Å². The molecule has 0 unspecified atom stereocenters. The Morgan fingerprint density at radius 1 is 0.800 bits per heavy atom. The highest BCUT2D eigenvalue weighted by Gasteiger charge is 1.97. The molecule has 5 nitrogen and oxygen atoms in total. The Morgan fingerprint density at radius 3 is 1.67 bits per heavy atom. The first kappa shape index (κ1) is 9.26. The Labute approximate surface area is 84.7 Å². The van der Waals surface area contributed by atoms with E-state index in [1.807, 2.05) is 0 Å². The molecule has 0 spiro atoms. The SMILES string of the molecule is O=c1ccccn1On1ccccc1=O. The summed E-state index contributed by atoms with van der Waals surface area (Å²) >= 11 is 0. The summed E-state index contributed by atoms with van der Waals surface area (Å²) in [6.07, 6.45) is 2.86. The highest BCUT2D eigenvalue weighted by molar-refractivity contribution is 4.93. The summed E-state index contributed by atoms with van der Waals surface area (Å²) in [5, 5.41) is 0. The van der Waals surface area contributed by atoms with E-state index in [9.17, 15) is 9.59 Å². The van der Waals surface area contributed by atoms with Gasteiger partial charge in [0.1, 0.15) is 0 Å². The van der Waals surface area contributed by atoms with E-state index in [0.717, 1.165) is 9.46 Å². The quantitative estimate of drug-likeness (QED) is 0.686. The molecule has 5 heteroatoms. The Morgan fingerprint density at radius 2 is 1.27 bits per heavy atom. The van der Waals surface area contributed by atoms with Crippen molar-refractivity contribution >= 4 is 0 Å². The van der Waals surface area contributed by atoms with Crippen molar-refractivity contribution in [2.24, 2.45) is 0 Å². The molecular weight excluding hydrogens is 196 g/mol. The van der Waals surface area contributed by atoms with Gasteiger partial charge in [-0.15, -0.1) is 9.46 Å². The van der Waals surface area contributed by atoms with E-state index in [4.69, 9.17) is 4.94 Å². The van der Waals surface area contributed by atoms with Crippen LogP contribution in [0, 0.1) is 0 Å². The van der Waals surface area contributed by atoms with Crippen LogP contribution < -0.4 is 16.1 Å². The van der Waals surface area contributed by atoms with Crippen LogP contribution in [-0.2, 0) is 0 Å². The summed E-state index contributed by atoms with van der Waals surface area (Å²) in [7, 11) is 0. The van der Waals surface area contributed by atoms with E-state index >= 15 is 0 Å². The van der Waals surface area contributed by atoms with Gasteiger partial charge in [-0.2, -0.15) is 0 Å². The highest BCUT2D eigenvalue weighted by atomic mass is 16.8. The zero-order chi connectivity index (χ0) is 10.7. The molecule has 76 valence electrons. The molecule has 0 amide bonds. The molecule has 0 aliphatic carbocycles. The molecule has 15 heavy (non-hydrogen) atoms. The Hall–Kier alpha value is -2.30. The summed E-state index contributed by atoms with van der Waals surface area (Å²) < 4.78 is 1.95. The van der Waals surface area contributed by atoms with Gasteiger partial charge in [-0.1, -0.05) is 12.1 Å². The maximum absolute atomic E-state index is 11.3. The average molecular weight is 204 g/mol. The van der Waals surface area contributed by atoms with Crippen molar-refractivity contribution in [3.05, 3.63) is 69.5 Å². The number of hydrogen-bond acceptors (Lipinski definition) is 3. The van der Waals surface area contributed by atoms with Gasteiger partial charge in [0.2, 0.25) is 0 Å². The van der Waals surface area contributed by atoms with E-state index in [2.05, 4.69) is 0 Å². The van der Waals surface area contributed by atoms with Crippen molar-refractivity contribution in [1.29, 1.82) is 0 Å². The predicted molar refractivity (Wildman–Crippen MR) is 53.4 cm³/mol. The summed E-state index contributed by atoms with van der Waals surface area (Å²) in [5.41, 5.74) is -0.679. The molecule has 2 aromatic rings. The lowest BCUT2D eigenvalue weighted by molar-refractivity contribution is 0.0214. The third-order valence-electron chi connectivity index (χ3n) is 1.75. The lowest BCUT2D eigenvalue weighted by Crippen LogP contribution is -2.34. The van der Waals surface area contributed by atoms with Gasteiger partial charge in [0.15, 0.2) is 0 Å². The van der Waals surface area contributed by atoms with E-state index in [1.165, 1.54) is 24.5 Å². The molecule has 2 heterocycles. The smallest absolute Gasteiger partial charge is 0.276 e. The van der Waals surface area contributed by atoms with E-state index in [-0.39, 0.29) is 11.1 Å². The minimum atomic E-state index is -0.340. The van der Waals surface area contributed by atoms with E-state index < -0.39 is 0 Å². The third-order valence-corrected chi connectivity index (χ3v) is 1.75. The van der Waals surface area contributed by atoms with Crippen LogP contribution in [0.5, 0.6) is 0 Å². The van der Waals surface area contributed by atoms with Gasteiger partial charge in [0, 0.05) is 12.1 Å². The van der Waals surface area contributed by atoms with Crippen LogP contribution in [0.3, 0.4) is 0 Å². The highest BCUT2D eigenvalue weighted by Crippen LogP contribution is 1.81. The summed E-state index contributed by atoms with van der Waals surface area (Å²) in [6, 6.07) is 9.14. The van der Waals surface area contributed by atoms with Crippen LogP contribution in [-0.4, -0.2) is 9.46 Å². The van der Waals surface area contributed by atoms with E-state index in [0.29, 0.717) is 0 Å². The van der Waals surface area contributed by atoms with Crippen molar-refractivity contribution in [3.63, 3.8) is 0 Å². The monoisotopic (exact) mass is 204 g/mol. The standard InChI is InChI=1S/C10H8N2O3/c13-9-5-1-3-7-11(9)15-12-8-4-2-6-10(12)14/h1-8H. The van der Waals surface area contributed by atoms with Crippen LogP contribution in [0.4, 0.5) is 0 Å². The van der Waals surface area contributed by atoms with Crippen LogP contribution in [0.25, 0.3) is 0 Å². The Bertz CT molecular complexity index is 519. The molecule has 0 aliphatic heterocycles. The minimum Gasteiger partial charge on any atom is -0.276 e. The number of pyridine rings is 2. The number of aromatic nitrogens is 2. The summed E-state index contributed by atoms with van der Waals surface area (Å²) in [4.78, 5) is 27.6. The minimum absolute atomic E-state index is 0.340. The molecule has 2 aromatic heterocycles. The Kier molecular flexibility index (Phi) is 2.37. The lowest BCUT2D eigenvalue weighted by Gasteiger charge is -2.06. The van der Waals surface area contributed by atoms with Crippen molar-refractivity contribution in [2.45, 2.75) is 0 Å². The van der Waals surface area contributed by atoms with E-state index in [1.54, 1.807) is 24.3 Å². The molecule has 0 fully saturated rings. The Balaban J connectivity index is 2.39.